The Morgan fingerprint density at radius 3 is 1.33 bits per heavy atom. The van der Waals surface area contributed by atoms with Crippen LogP contribution in [0.5, 0.6) is 0 Å². The molecular weight excluding hydrogens is 1020 g/mol. The molecule has 32 heteroatoms. The van der Waals surface area contributed by atoms with E-state index in [1.165, 1.54) is 27.9 Å². The van der Waals surface area contributed by atoms with Gasteiger partial charge in [0.15, 0.2) is 26.9 Å². The lowest BCUT2D eigenvalue weighted by Crippen LogP contribution is -2.50. The van der Waals surface area contributed by atoms with E-state index < -0.39 is 89.8 Å². The Kier molecular flexibility index (Phi) is 47.8. The Morgan fingerprint density at radius 2 is 1.00 bits per heavy atom. The van der Waals surface area contributed by atoms with Crippen molar-refractivity contribution in [2.24, 2.45) is 10.8 Å². The fraction of sp³-hybridized carbons (Fsp3) is 0.750. The number of halogens is 12. The van der Waals surface area contributed by atoms with Crippen LogP contribution < -0.4 is 21.3 Å². The molecule has 0 aromatic rings. The standard InChI is InChI=1S/C14H25FN2O3.C9H14FNO4.C8H12FNO4.2C3H4F4O2.C3H7FO/c1-10(18)16-8-14(4)6-11(5-13(2,3)7-14)17-12(19)20-9-15;1-7(2)8(12)14-6-4-11-9(13)15-5-3-10;1-6(2)7(11)13-4-3-10-8(12)14-5-9;2*4-2-8-3(5,6)1-9-7;1-5-3-2-4/h11H,5-9H2,1-4H3,(H,16,18)(H,17,19);1,3-6H2,2H3,(H,11,13);1,3-5H2,2H3,(H,10,12);2*1-2H2;2-3H2,1H3. The topological polar surface area (TPSA) is 243 Å². The Balaban J connectivity index is -0.000000261. The average Bonchev–Trinajstić information content (AvgIpc) is 3.26. The molecule has 4 amide bonds. The molecule has 20 nitrogen and oxygen atoms in total. The molecule has 72 heavy (non-hydrogen) atoms. The number of esters is 2. The molecule has 4 N–H and O–H groups in total. The number of carbonyl (C=O) groups is 6. The van der Waals surface area contributed by atoms with Gasteiger partial charge in [-0.05, 0) is 53.0 Å². The fourth-order valence-electron chi connectivity index (χ4n) is 5.04. The first-order valence-corrected chi connectivity index (χ1v) is 20.5. The maximum Gasteiger partial charge on any atom is 0.409 e. The van der Waals surface area contributed by atoms with Gasteiger partial charge in [0.1, 0.15) is 33.2 Å². The molecule has 1 saturated carbocycles. The number of amides is 4. The van der Waals surface area contributed by atoms with Gasteiger partial charge >= 0.3 is 42.4 Å². The van der Waals surface area contributed by atoms with Crippen LogP contribution in [-0.4, -0.2) is 162 Å². The highest BCUT2D eigenvalue weighted by Gasteiger charge is 2.42. The third kappa shape index (κ3) is 52.5. The van der Waals surface area contributed by atoms with Crippen LogP contribution in [0, 0.1) is 10.8 Å². The molecule has 0 radical (unpaired) electrons. The summed E-state index contributed by atoms with van der Waals surface area (Å²) in [5.74, 6) is -1.12. The normalized spacial score (nSPS) is 15.2. The summed E-state index contributed by atoms with van der Waals surface area (Å²) in [4.78, 5) is 70.3. The van der Waals surface area contributed by atoms with Gasteiger partial charge in [-0.1, -0.05) is 33.9 Å². The maximum atomic E-state index is 12.0. The van der Waals surface area contributed by atoms with E-state index in [-0.39, 0.29) is 80.1 Å². The highest BCUT2D eigenvalue weighted by Crippen LogP contribution is 2.45. The molecule has 2 unspecified atom stereocenters. The Hall–Kier alpha value is -5.34. The van der Waals surface area contributed by atoms with Gasteiger partial charge in [-0.3, -0.25) is 14.3 Å². The van der Waals surface area contributed by atoms with E-state index in [9.17, 15) is 81.7 Å². The summed E-state index contributed by atoms with van der Waals surface area (Å²) in [7, 11) is 1.47. The number of nitrogens with one attached hydrogen (secondary N) is 4. The van der Waals surface area contributed by atoms with Crippen LogP contribution in [-0.2, 0) is 62.2 Å². The van der Waals surface area contributed by atoms with E-state index in [1.54, 1.807) is 0 Å². The van der Waals surface area contributed by atoms with Crippen LogP contribution in [0.2, 0.25) is 0 Å². The Bertz CT molecular complexity index is 1480. The minimum atomic E-state index is -3.87. The van der Waals surface area contributed by atoms with Gasteiger partial charge in [-0.25, -0.2) is 50.3 Å². The summed E-state index contributed by atoms with van der Waals surface area (Å²) >= 11 is 0. The van der Waals surface area contributed by atoms with Crippen molar-refractivity contribution in [1.82, 2.24) is 21.3 Å². The molecule has 1 aliphatic carbocycles. The third-order valence-corrected chi connectivity index (χ3v) is 7.38. The lowest BCUT2D eigenvalue weighted by molar-refractivity contribution is -0.313. The predicted molar refractivity (Wildman–Crippen MR) is 227 cm³/mol. The van der Waals surface area contributed by atoms with Gasteiger partial charge in [-0.15, -0.1) is 0 Å². The van der Waals surface area contributed by atoms with E-state index in [0.717, 1.165) is 19.3 Å². The van der Waals surface area contributed by atoms with Crippen molar-refractivity contribution in [2.45, 2.75) is 79.1 Å². The maximum absolute atomic E-state index is 12.0. The number of methoxy groups -OCH3 is 1. The summed E-state index contributed by atoms with van der Waals surface area (Å²) in [6.45, 7) is 8.42. The zero-order valence-corrected chi connectivity index (χ0v) is 40.8. The molecule has 0 heterocycles. The van der Waals surface area contributed by atoms with Crippen LogP contribution in [0.1, 0.15) is 60.8 Å². The number of alkyl halides is 10. The van der Waals surface area contributed by atoms with Gasteiger partial charge in [0.2, 0.25) is 19.6 Å². The molecule has 0 saturated heterocycles. The summed E-state index contributed by atoms with van der Waals surface area (Å²) in [6, 6.07) is -0.0726. The largest absolute Gasteiger partial charge is 0.460 e. The van der Waals surface area contributed by atoms with E-state index in [0.29, 0.717) is 6.54 Å². The summed E-state index contributed by atoms with van der Waals surface area (Å²) < 4.78 is 168. The molecule has 0 aliphatic heterocycles. The molecule has 1 fully saturated rings. The molecule has 0 bridgehead atoms. The second-order valence-electron chi connectivity index (χ2n) is 14.9. The molecule has 0 aromatic carbocycles. The lowest BCUT2D eigenvalue weighted by Gasteiger charge is -2.46. The zero-order valence-electron chi connectivity index (χ0n) is 40.8. The quantitative estimate of drug-likeness (QED) is 0.0229. The van der Waals surface area contributed by atoms with E-state index >= 15 is 0 Å². The van der Waals surface area contributed by atoms with Gasteiger partial charge in [-0.2, -0.15) is 27.4 Å². The van der Waals surface area contributed by atoms with Crippen LogP contribution in [0.25, 0.3) is 0 Å². The zero-order chi connectivity index (χ0) is 56.8. The fourth-order valence-corrected chi connectivity index (χ4v) is 5.04. The van der Waals surface area contributed by atoms with Gasteiger partial charge in [0.05, 0.1) is 19.7 Å². The molecule has 0 aromatic heterocycles. The Labute approximate surface area is 408 Å². The first-order valence-electron chi connectivity index (χ1n) is 20.5. The monoisotopic (exact) mass is 1090 g/mol. The minimum Gasteiger partial charge on any atom is -0.460 e. The molecule has 1 aliphatic rings. The number of hydrogen-bond acceptors (Lipinski definition) is 16. The highest BCUT2D eigenvalue weighted by atomic mass is 19.3. The van der Waals surface area contributed by atoms with E-state index in [4.69, 9.17) is 0 Å². The molecule has 1 rings (SSSR count). The minimum absolute atomic E-state index is 0.00687. The van der Waals surface area contributed by atoms with E-state index in [2.05, 4.69) is 103 Å². The van der Waals surface area contributed by atoms with Crippen LogP contribution >= 0.6 is 0 Å². The molecular formula is C40H66F12N4O16. The van der Waals surface area contributed by atoms with Crippen molar-refractivity contribution in [2.75, 3.05) is 107 Å². The van der Waals surface area contributed by atoms with Crippen molar-refractivity contribution in [3.05, 3.63) is 24.3 Å². The number of alkyl carbamates (subject to hydrolysis) is 3. The van der Waals surface area contributed by atoms with Crippen molar-refractivity contribution in [1.29, 1.82) is 0 Å². The molecule has 426 valence electrons. The highest BCUT2D eigenvalue weighted by molar-refractivity contribution is 5.87. The van der Waals surface area contributed by atoms with Gasteiger partial charge in [0, 0.05) is 37.8 Å². The smallest absolute Gasteiger partial charge is 0.409 e. The molecule has 0 spiro atoms. The molecule has 2 atom stereocenters. The van der Waals surface area contributed by atoms with Crippen LogP contribution in [0.15, 0.2) is 24.3 Å². The Morgan fingerprint density at radius 1 is 0.583 bits per heavy atom. The van der Waals surface area contributed by atoms with Gasteiger partial charge in [0.25, 0.3) is 0 Å². The van der Waals surface area contributed by atoms with Crippen molar-refractivity contribution in [3.63, 3.8) is 0 Å². The summed E-state index contributed by atoms with van der Waals surface area (Å²) in [5.41, 5.74) is 0.506. The SMILES string of the molecule is C=C(C)C(=O)OCCNC(=O)OCCF.C=C(C)C(=O)OCCNC(=O)OCF.CC(=O)NCC1(C)CC(NC(=O)OCF)CC(C)(C)C1.COCCF.FCOC(F)(F)COF.FCOC(F)(F)COF. The average molecular weight is 1090 g/mol. The first kappa shape index (κ1) is 75.6. The third-order valence-electron chi connectivity index (χ3n) is 7.38. The predicted octanol–water partition coefficient (Wildman–Crippen LogP) is 7.37. The second-order valence-corrected chi connectivity index (χ2v) is 14.9. The van der Waals surface area contributed by atoms with Crippen molar-refractivity contribution >= 4 is 36.1 Å². The first-order chi connectivity index (χ1) is 33.5. The summed E-state index contributed by atoms with van der Waals surface area (Å²) in [6.07, 6.45) is -7.60. The van der Waals surface area contributed by atoms with Crippen LogP contribution in [0.4, 0.5) is 67.3 Å². The van der Waals surface area contributed by atoms with E-state index in [1.807, 2.05) is 0 Å². The number of ether oxygens (including phenoxy) is 8. The van der Waals surface area contributed by atoms with Gasteiger partial charge < -0.3 is 49.7 Å². The number of carbonyl (C=O) groups excluding carboxylic acids is 6. The number of hydrogen-bond donors (Lipinski definition) is 4. The number of rotatable bonds is 25. The lowest BCUT2D eigenvalue weighted by atomic mass is 9.62. The second kappa shape index (κ2) is 45.5. The van der Waals surface area contributed by atoms with Crippen LogP contribution in [0.3, 0.4) is 0 Å². The van der Waals surface area contributed by atoms with Crippen molar-refractivity contribution in [3.8, 4) is 0 Å². The van der Waals surface area contributed by atoms with Crippen molar-refractivity contribution < 1.29 is 130 Å². The summed E-state index contributed by atoms with van der Waals surface area (Å²) in [5, 5.41) is 10.0.